The van der Waals surface area contributed by atoms with Gasteiger partial charge < -0.3 is 9.47 Å². The topological polar surface area (TPSA) is 18.5 Å². The van der Waals surface area contributed by atoms with Gasteiger partial charge in [-0.25, -0.2) is 0 Å². The van der Waals surface area contributed by atoms with Crippen LogP contribution in [-0.4, -0.2) is 19.5 Å². The minimum absolute atomic E-state index is 0.171. The summed E-state index contributed by atoms with van der Waals surface area (Å²) in [7, 11) is 0. The van der Waals surface area contributed by atoms with Gasteiger partial charge in [-0.1, -0.05) is 25.2 Å². The van der Waals surface area contributed by atoms with Gasteiger partial charge >= 0.3 is 0 Å². The fourth-order valence-electron chi connectivity index (χ4n) is 1.17. The molecular weight excluding hydrogens is 188 g/mol. The molecule has 0 aliphatic heterocycles. The number of ether oxygens (including phenoxy) is 2. The summed E-state index contributed by atoms with van der Waals surface area (Å²) in [5, 5.41) is 0. The lowest BCUT2D eigenvalue weighted by molar-refractivity contribution is -0.104. The van der Waals surface area contributed by atoms with Gasteiger partial charge in [0.25, 0.3) is 0 Å². The number of hydrogen-bond acceptors (Lipinski definition) is 2. The molecule has 88 valence electrons. The molecule has 0 spiro atoms. The summed E-state index contributed by atoms with van der Waals surface area (Å²) in [5.74, 6) is 0. The number of allylic oxidation sites excluding steroid dienone is 3. The molecule has 0 saturated heterocycles. The Balaban J connectivity index is 3.64. The van der Waals surface area contributed by atoms with Gasteiger partial charge in [-0.05, 0) is 39.2 Å². The zero-order valence-corrected chi connectivity index (χ0v) is 10.2. The van der Waals surface area contributed by atoms with E-state index < -0.39 is 0 Å². The Bertz CT molecular complexity index is 167. The maximum absolute atomic E-state index is 5.38. The molecular formula is C13H24O2. The predicted octanol–water partition coefficient (Wildman–Crippen LogP) is 3.69. The summed E-state index contributed by atoms with van der Waals surface area (Å²) in [6, 6.07) is 0. The van der Waals surface area contributed by atoms with Gasteiger partial charge in [0, 0.05) is 13.2 Å². The second kappa shape index (κ2) is 11.5. The second-order valence-electron chi connectivity index (χ2n) is 3.16. The smallest absolute Gasteiger partial charge is 0.176 e. The third-order valence-electron chi connectivity index (χ3n) is 1.86. The van der Waals surface area contributed by atoms with Crippen LogP contribution < -0.4 is 0 Å². The monoisotopic (exact) mass is 212 g/mol. The van der Waals surface area contributed by atoms with E-state index in [2.05, 4.69) is 25.2 Å². The van der Waals surface area contributed by atoms with Crippen LogP contribution in [0.15, 0.2) is 24.3 Å². The van der Waals surface area contributed by atoms with Crippen molar-refractivity contribution in [3.8, 4) is 0 Å². The lowest BCUT2D eigenvalue weighted by Crippen LogP contribution is -2.13. The molecule has 0 atom stereocenters. The van der Waals surface area contributed by atoms with Gasteiger partial charge in [-0.3, -0.25) is 0 Å². The van der Waals surface area contributed by atoms with Crippen molar-refractivity contribution in [3.63, 3.8) is 0 Å². The first kappa shape index (κ1) is 14.4. The minimum atomic E-state index is -0.171. The van der Waals surface area contributed by atoms with E-state index in [4.69, 9.17) is 9.47 Å². The summed E-state index contributed by atoms with van der Waals surface area (Å²) in [6.07, 6.45) is 11.6. The van der Waals surface area contributed by atoms with Crippen molar-refractivity contribution in [2.45, 2.75) is 46.3 Å². The van der Waals surface area contributed by atoms with Crippen LogP contribution in [0, 0.1) is 0 Å². The van der Waals surface area contributed by atoms with Crippen molar-refractivity contribution in [2.75, 3.05) is 13.2 Å². The van der Waals surface area contributed by atoms with E-state index in [-0.39, 0.29) is 6.29 Å². The second-order valence-corrected chi connectivity index (χ2v) is 3.16. The van der Waals surface area contributed by atoms with Gasteiger partial charge in [-0.15, -0.1) is 0 Å². The summed E-state index contributed by atoms with van der Waals surface area (Å²) in [6.45, 7) is 7.47. The Morgan fingerprint density at radius 3 is 2.00 bits per heavy atom. The summed E-state index contributed by atoms with van der Waals surface area (Å²) < 4.78 is 10.8. The molecule has 0 aliphatic rings. The molecule has 0 aromatic carbocycles. The molecule has 0 radical (unpaired) electrons. The molecule has 0 unspecified atom stereocenters. The highest BCUT2D eigenvalue weighted by Crippen LogP contribution is 2.00. The zero-order chi connectivity index (χ0) is 11.4. The van der Waals surface area contributed by atoms with Crippen molar-refractivity contribution < 1.29 is 9.47 Å². The van der Waals surface area contributed by atoms with Crippen LogP contribution in [0.2, 0.25) is 0 Å². The van der Waals surface area contributed by atoms with E-state index >= 15 is 0 Å². The Morgan fingerprint density at radius 2 is 1.47 bits per heavy atom. The number of unbranched alkanes of at least 4 members (excludes halogenated alkanes) is 1. The Morgan fingerprint density at radius 1 is 0.867 bits per heavy atom. The maximum atomic E-state index is 5.38. The van der Waals surface area contributed by atoms with Crippen LogP contribution in [-0.2, 0) is 9.47 Å². The van der Waals surface area contributed by atoms with E-state index in [9.17, 15) is 0 Å². The highest BCUT2D eigenvalue weighted by atomic mass is 16.7. The Hall–Kier alpha value is -0.600. The molecule has 0 heterocycles. The van der Waals surface area contributed by atoms with Gasteiger partial charge in [0.05, 0.1) is 0 Å². The van der Waals surface area contributed by atoms with E-state index in [0.717, 1.165) is 19.3 Å². The first-order chi connectivity index (χ1) is 7.35. The molecule has 2 nitrogen and oxygen atoms in total. The lowest BCUT2D eigenvalue weighted by atomic mass is 10.2. The molecule has 0 aromatic rings. The third kappa shape index (κ3) is 9.70. The van der Waals surface area contributed by atoms with Gasteiger partial charge in [0.2, 0.25) is 0 Å². The Labute approximate surface area is 94.0 Å². The first-order valence-corrected chi connectivity index (χ1v) is 5.89. The average Bonchev–Trinajstić information content (AvgIpc) is 2.24. The molecule has 0 aromatic heterocycles. The number of rotatable bonds is 9. The average molecular weight is 212 g/mol. The summed E-state index contributed by atoms with van der Waals surface area (Å²) in [4.78, 5) is 0. The minimum Gasteiger partial charge on any atom is -0.349 e. The van der Waals surface area contributed by atoms with Crippen LogP contribution in [0.5, 0.6) is 0 Å². The van der Waals surface area contributed by atoms with E-state index in [1.54, 1.807) is 0 Å². The Kier molecular flexibility index (Phi) is 11.0. The van der Waals surface area contributed by atoms with Crippen molar-refractivity contribution in [1.82, 2.24) is 0 Å². The molecule has 0 aliphatic carbocycles. The van der Waals surface area contributed by atoms with Crippen molar-refractivity contribution >= 4 is 0 Å². The van der Waals surface area contributed by atoms with Crippen LogP contribution in [0.25, 0.3) is 0 Å². The highest BCUT2D eigenvalue weighted by Gasteiger charge is 2.00. The maximum Gasteiger partial charge on any atom is 0.176 e. The molecule has 0 N–H and O–H groups in total. The highest BCUT2D eigenvalue weighted by molar-refractivity contribution is 4.89. The molecule has 0 amide bonds. The predicted molar refractivity (Wildman–Crippen MR) is 64.8 cm³/mol. The quantitative estimate of drug-likeness (QED) is 0.330. The lowest BCUT2D eigenvalue weighted by Gasteiger charge is -2.12. The zero-order valence-electron chi connectivity index (χ0n) is 10.2. The standard InChI is InChI=1S/C13H24O2/c1-4-7-8-9-10-11-12-13(14-5-2)15-6-3/h7-8,11-13H,4-6,9-10H2,1-3H3. The van der Waals surface area contributed by atoms with Crippen molar-refractivity contribution in [1.29, 1.82) is 0 Å². The van der Waals surface area contributed by atoms with Crippen LogP contribution in [0.3, 0.4) is 0 Å². The van der Waals surface area contributed by atoms with Crippen molar-refractivity contribution in [3.05, 3.63) is 24.3 Å². The molecule has 15 heavy (non-hydrogen) atoms. The fraction of sp³-hybridized carbons (Fsp3) is 0.692. The van der Waals surface area contributed by atoms with Crippen molar-refractivity contribution in [2.24, 2.45) is 0 Å². The van der Waals surface area contributed by atoms with E-state index in [1.165, 1.54) is 0 Å². The van der Waals surface area contributed by atoms with E-state index in [1.807, 2.05) is 19.9 Å². The van der Waals surface area contributed by atoms with Crippen LogP contribution >= 0.6 is 0 Å². The molecule has 0 saturated carbocycles. The third-order valence-corrected chi connectivity index (χ3v) is 1.86. The molecule has 0 rings (SSSR count). The normalized spacial score (nSPS) is 12.3. The molecule has 0 fully saturated rings. The summed E-state index contributed by atoms with van der Waals surface area (Å²) >= 11 is 0. The van der Waals surface area contributed by atoms with Gasteiger partial charge in [-0.2, -0.15) is 0 Å². The van der Waals surface area contributed by atoms with Crippen LogP contribution in [0.1, 0.15) is 40.0 Å². The largest absolute Gasteiger partial charge is 0.349 e. The fourth-order valence-corrected chi connectivity index (χ4v) is 1.17. The SMILES string of the molecule is CCC=CCCC=CC(OCC)OCC. The van der Waals surface area contributed by atoms with E-state index in [0.29, 0.717) is 13.2 Å². The number of hydrogen-bond donors (Lipinski definition) is 0. The molecule has 0 bridgehead atoms. The van der Waals surface area contributed by atoms with Crippen LogP contribution in [0.4, 0.5) is 0 Å². The summed E-state index contributed by atoms with van der Waals surface area (Å²) in [5.41, 5.74) is 0. The van der Waals surface area contributed by atoms with Gasteiger partial charge in [0.1, 0.15) is 0 Å². The molecule has 2 heteroatoms. The van der Waals surface area contributed by atoms with Gasteiger partial charge in [0.15, 0.2) is 6.29 Å². The first-order valence-electron chi connectivity index (χ1n) is 5.89.